The summed E-state index contributed by atoms with van der Waals surface area (Å²) in [4.78, 5) is 45.7. The fourth-order valence-corrected chi connectivity index (χ4v) is 7.05. The summed E-state index contributed by atoms with van der Waals surface area (Å²) in [5.41, 5.74) is -4.30. The molecule has 304 valence electrons. The van der Waals surface area contributed by atoms with Crippen LogP contribution in [0.5, 0.6) is 0 Å². The van der Waals surface area contributed by atoms with Crippen LogP contribution in [0, 0.1) is 17.5 Å². The van der Waals surface area contributed by atoms with E-state index >= 15 is 13.2 Å². The molecular formula is C37H32F8N10O3. The van der Waals surface area contributed by atoms with E-state index in [4.69, 9.17) is 0 Å². The molecule has 13 nitrogen and oxygen atoms in total. The second-order valence-corrected chi connectivity index (χ2v) is 14.4. The number of hydrogen-bond donors (Lipinski definition) is 1. The number of halogens is 8. The summed E-state index contributed by atoms with van der Waals surface area (Å²) < 4.78 is 119. The predicted octanol–water partition coefficient (Wildman–Crippen LogP) is 5.43. The van der Waals surface area contributed by atoms with Crippen molar-refractivity contribution >= 4 is 22.8 Å². The van der Waals surface area contributed by atoms with Gasteiger partial charge in [0.15, 0.2) is 11.5 Å². The van der Waals surface area contributed by atoms with E-state index < -0.39 is 94.6 Å². The van der Waals surface area contributed by atoms with Gasteiger partial charge in [0.25, 0.3) is 5.91 Å². The third-order valence-corrected chi connectivity index (χ3v) is 9.76. The van der Waals surface area contributed by atoms with E-state index in [0.717, 1.165) is 44.7 Å². The number of carbonyl (C=O) groups is 2. The first-order valence-electron chi connectivity index (χ1n) is 17.5. The molecule has 0 aliphatic carbocycles. The first kappa shape index (κ1) is 39.8. The van der Waals surface area contributed by atoms with Crippen LogP contribution in [0.3, 0.4) is 0 Å². The fourth-order valence-electron chi connectivity index (χ4n) is 7.05. The fraction of sp³-hybridized carbons (Fsp3) is 0.324. The SMILES string of the molecule is Cn1cc(-c2cc(C(F)(F)F)nn2CC(C)(C)NC(=O)[C@@H](Cc2cnn(C(F)F)c2)N2CCc3c(c(F)cc(F)c3-c3nc4cnn(C)c4cc3F)C2=O)ccc1=O. The van der Waals surface area contributed by atoms with E-state index in [1.54, 1.807) is 0 Å². The molecule has 1 aliphatic rings. The standard InChI is InChI=1S/C37H32F8N10O3/c1-36(2,17-55-25(12-28(50-55)37(43,44)45)19-5-6-29(56)51(3)16-19)49-33(57)27(9-18-13-47-54(15-18)35(41)42)53-8-7-20-30(21(38)10-22(39)31(20)34(53)58)32-23(40)11-26-24(48-32)14-46-52(26)4/h5-6,10-16,27,35H,7-9,17H2,1-4H3,(H,49,57)/t27-/m1/s1. The number of rotatable bonds is 10. The number of carbonyl (C=O) groups excluding carboxylic acids is 2. The van der Waals surface area contributed by atoms with Crippen LogP contribution in [0.25, 0.3) is 33.5 Å². The molecule has 6 heterocycles. The smallest absolute Gasteiger partial charge is 0.348 e. The second kappa shape index (κ2) is 14.5. The monoisotopic (exact) mass is 816 g/mol. The molecule has 6 aromatic rings. The van der Waals surface area contributed by atoms with Gasteiger partial charge >= 0.3 is 12.7 Å². The van der Waals surface area contributed by atoms with Crippen LogP contribution >= 0.6 is 0 Å². The Bertz CT molecular complexity index is 2660. The molecule has 0 bridgehead atoms. The maximum absolute atomic E-state index is 15.7. The lowest BCUT2D eigenvalue weighted by Crippen LogP contribution is -2.58. The zero-order valence-electron chi connectivity index (χ0n) is 31.0. The molecule has 1 N–H and O–H groups in total. The molecule has 0 fully saturated rings. The van der Waals surface area contributed by atoms with Gasteiger partial charge in [0.2, 0.25) is 11.5 Å². The van der Waals surface area contributed by atoms with Crippen LogP contribution in [0.15, 0.2) is 59.9 Å². The van der Waals surface area contributed by atoms with E-state index in [9.17, 15) is 36.3 Å². The Labute approximate surface area is 322 Å². The average molecular weight is 817 g/mol. The normalized spacial score (nSPS) is 14.1. The Kier molecular flexibility index (Phi) is 9.96. The highest BCUT2D eigenvalue weighted by Crippen LogP contribution is 2.37. The molecule has 5 aromatic heterocycles. The molecule has 1 aliphatic heterocycles. The highest BCUT2D eigenvalue weighted by Gasteiger charge is 2.41. The van der Waals surface area contributed by atoms with Gasteiger partial charge in [-0.3, -0.25) is 23.7 Å². The van der Waals surface area contributed by atoms with Gasteiger partial charge in [-0.25, -0.2) is 22.8 Å². The number of alkyl halides is 5. The lowest BCUT2D eigenvalue weighted by atomic mass is 9.89. The number of fused-ring (bicyclic) bond motifs is 2. The second-order valence-electron chi connectivity index (χ2n) is 14.4. The zero-order chi connectivity index (χ0) is 42.0. The Hall–Kier alpha value is -6.41. The summed E-state index contributed by atoms with van der Waals surface area (Å²) in [6.45, 7) is -0.901. The summed E-state index contributed by atoms with van der Waals surface area (Å²) in [5, 5.41) is 14.0. The first-order chi connectivity index (χ1) is 27.2. The summed E-state index contributed by atoms with van der Waals surface area (Å²) in [7, 11) is 2.95. The maximum Gasteiger partial charge on any atom is 0.435 e. The average Bonchev–Trinajstić information content (AvgIpc) is 3.87. The van der Waals surface area contributed by atoms with Gasteiger partial charge in [-0.2, -0.15) is 37.2 Å². The van der Waals surface area contributed by atoms with Crippen molar-refractivity contribution in [3.05, 3.63) is 105 Å². The largest absolute Gasteiger partial charge is 0.435 e. The molecule has 0 saturated carbocycles. The number of nitrogens with zero attached hydrogens (tertiary/aromatic N) is 9. The minimum absolute atomic E-state index is 0.0452. The molecule has 0 radical (unpaired) electrons. The van der Waals surface area contributed by atoms with Crippen molar-refractivity contribution in [2.24, 2.45) is 14.1 Å². The number of aromatic nitrogens is 8. The summed E-state index contributed by atoms with van der Waals surface area (Å²) >= 11 is 0. The van der Waals surface area contributed by atoms with Crippen molar-refractivity contribution in [2.45, 2.75) is 57.5 Å². The Morgan fingerprint density at radius 2 is 1.66 bits per heavy atom. The third-order valence-electron chi connectivity index (χ3n) is 9.76. The van der Waals surface area contributed by atoms with Crippen molar-refractivity contribution in [3.8, 4) is 22.5 Å². The minimum Gasteiger partial charge on any atom is -0.348 e. The Morgan fingerprint density at radius 1 is 0.931 bits per heavy atom. The number of hydrogen-bond acceptors (Lipinski definition) is 7. The molecule has 2 amide bonds. The molecule has 1 atom stereocenters. The topological polar surface area (TPSA) is 138 Å². The van der Waals surface area contributed by atoms with Crippen molar-refractivity contribution in [1.82, 2.24) is 49.1 Å². The van der Waals surface area contributed by atoms with Crippen LogP contribution in [-0.2, 0) is 44.5 Å². The number of pyridine rings is 2. The number of amides is 2. The van der Waals surface area contributed by atoms with Crippen molar-refractivity contribution in [1.29, 1.82) is 0 Å². The predicted molar refractivity (Wildman–Crippen MR) is 190 cm³/mol. The first-order valence-corrected chi connectivity index (χ1v) is 17.5. The van der Waals surface area contributed by atoms with Crippen LogP contribution in [0.2, 0.25) is 0 Å². The van der Waals surface area contributed by atoms with E-state index in [0.29, 0.717) is 10.7 Å². The lowest BCUT2D eigenvalue weighted by Gasteiger charge is -2.37. The van der Waals surface area contributed by atoms with Gasteiger partial charge in [0.05, 0.1) is 41.3 Å². The van der Waals surface area contributed by atoms with Gasteiger partial charge < -0.3 is 14.8 Å². The van der Waals surface area contributed by atoms with Crippen LogP contribution in [0.4, 0.5) is 35.1 Å². The van der Waals surface area contributed by atoms with Gasteiger partial charge in [-0.1, -0.05) is 0 Å². The van der Waals surface area contributed by atoms with Crippen molar-refractivity contribution in [2.75, 3.05) is 6.54 Å². The summed E-state index contributed by atoms with van der Waals surface area (Å²) in [6.07, 6.45) is -1.00. The van der Waals surface area contributed by atoms with E-state index in [1.165, 1.54) is 51.1 Å². The van der Waals surface area contributed by atoms with Crippen LogP contribution in [0.1, 0.15) is 47.6 Å². The van der Waals surface area contributed by atoms with Crippen LogP contribution < -0.4 is 10.9 Å². The van der Waals surface area contributed by atoms with Crippen LogP contribution in [-0.4, -0.2) is 73.7 Å². The Balaban J connectivity index is 1.24. The highest BCUT2D eigenvalue weighted by molar-refractivity contribution is 6.02. The minimum atomic E-state index is -4.86. The third kappa shape index (κ3) is 7.42. The van der Waals surface area contributed by atoms with Crippen molar-refractivity contribution in [3.63, 3.8) is 0 Å². The van der Waals surface area contributed by atoms with E-state index in [2.05, 4.69) is 25.6 Å². The maximum atomic E-state index is 15.7. The molecule has 0 spiro atoms. The van der Waals surface area contributed by atoms with Gasteiger partial charge in [0.1, 0.15) is 28.9 Å². The highest BCUT2D eigenvalue weighted by atomic mass is 19.4. The quantitative estimate of drug-likeness (QED) is 0.182. The van der Waals surface area contributed by atoms with Gasteiger partial charge in [-0.15, -0.1) is 0 Å². The molecule has 7 rings (SSSR count). The molecular weight excluding hydrogens is 784 g/mol. The molecule has 0 saturated heterocycles. The summed E-state index contributed by atoms with van der Waals surface area (Å²) in [5.74, 6) is -5.53. The molecule has 21 heteroatoms. The Morgan fingerprint density at radius 3 is 2.33 bits per heavy atom. The number of nitrogens with one attached hydrogen (secondary N) is 1. The zero-order valence-corrected chi connectivity index (χ0v) is 31.0. The molecule has 58 heavy (non-hydrogen) atoms. The van der Waals surface area contributed by atoms with Gasteiger partial charge in [-0.05, 0) is 43.5 Å². The number of benzene rings is 1. The molecule has 1 aromatic carbocycles. The lowest BCUT2D eigenvalue weighted by molar-refractivity contribution is -0.141. The molecule has 0 unspecified atom stereocenters. The number of aryl methyl sites for hydroxylation is 2. The van der Waals surface area contributed by atoms with Gasteiger partial charge in [0, 0.05) is 68.8 Å². The van der Waals surface area contributed by atoms with Crippen molar-refractivity contribution < 1.29 is 44.7 Å². The van der Waals surface area contributed by atoms with E-state index in [1.807, 2.05) is 0 Å². The van der Waals surface area contributed by atoms with E-state index in [-0.39, 0.29) is 46.4 Å². The summed E-state index contributed by atoms with van der Waals surface area (Å²) in [6, 6.07) is 3.15.